The van der Waals surface area contributed by atoms with Crippen LogP contribution < -0.4 is 14.2 Å². The van der Waals surface area contributed by atoms with Gasteiger partial charge < -0.3 is 19.1 Å². The molecular formula is C41H43IN8O9S2. The number of rotatable bonds is 14. The van der Waals surface area contributed by atoms with Crippen LogP contribution in [0.5, 0.6) is 11.5 Å². The third-order valence-electron chi connectivity index (χ3n) is 10.1. The van der Waals surface area contributed by atoms with Crippen LogP contribution >= 0.6 is 22.6 Å². The Kier molecular flexibility index (Phi) is 12.9. The number of hydrogen-bond acceptors (Lipinski definition) is 12. The average molecular weight is 983 g/mol. The third kappa shape index (κ3) is 9.47. The minimum absolute atomic E-state index is 0.0281. The number of H-pyrrole nitrogens is 1. The van der Waals surface area contributed by atoms with Crippen molar-refractivity contribution in [1.29, 1.82) is 0 Å². The van der Waals surface area contributed by atoms with Crippen molar-refractivity contribution >= 4 is 61.5 Å². The Labute approximate surface area is 368 Å². The molecular weight excluding hydrogens is 940 g/mol. The average Bonchev–Trinajstić information content (AvgIpc) is 3.97. The first-order valence-electron chi connectivity index (χ1n) is 19.0. The molecule has 2 aliphatic heterocycles. The van der Waals surface area contributed by atoms with Gasteiger partial charge in [-0.25, -0.2) is 22.1 Å². The van der Waals surface area contributed by atoms with Crippen molar-refractivity contribution in [2.75, 3.05) is 27.3 Å². The molecule has 320 valence electrons. The number of carbonyl (C=O) groups excluding carboxylic acids is 3. The number of methoxy groups -OCH3 is 2. The molecule has 0 spiro atoms. The fraction of sp³-hybridized carbons (Fsp3) is 0.317. The highest BCUT2D eigenvalue weighted by atomic mass is 127. The maximum absolute atomic E-state index is 15.4. The highest BCUT2D eigenvalue weighted by Gasteiger charge is 2.44. The summed E-state index contributed by atoms with van der Waals surface area (Å²) < 4.78 is 66.7. The monoisotopic (exact) mass is 982 g/mol. The van der Waals surface area contributed by atoms with Crippen molar-refractivity contribution in [1.82, 2.24) is 39.5 Å². The number of sulfonamides is 1. The maximum atomic E-state index is 15.4. The van der Waals surface area contributed by atoms with Gasteiger partial charge in [-0.2, -0.15) is 9.52 Å². The second-order valence-electron chi connectivity index (χ2n) is 15.3. The number of nitrogens with one attached hydrogen (secondary N) is 2. The second kappa shape index (κ2) is 18.0. The molecule has 20 heteroatoms. The molecule has 17 nitrogen and oxygen atoms in total. The van der Waals surface area contributed by atoms with E-state index in [0.717, 1.165) is 4.90 Å². The van der Waals surface area contributed by atoms with Crippen LogP contribution in [0.15, 0.2) is 94.7 Å². The van der Waals surface area contributed by atoms with E-state index in [1.807, 2.05) is 22.6 Å². The number of tetrazole rings is 1. The Bertz CT molecular complexity index is 2490. The van der Waals surface area contributed by atoms with Gasteiger partial charge in [0.1, 0.15) is 33.0 Å². The molecule has 1 unspecified atom stereocenters. The topological polar surface area (TPSA) is 206 Å². The molecule has 3 heterocycles. The first-order chi connectivity index (χ1) is 29.1. The fourth-order valence-corrected chi connectivity index (χ4v) is 11.3. The number of aromatic nitrogens is 4. The van der Waals surface area contributed by atoms with E-state index in [1.165, 1.54) is 29.5 Å². The first-order valence-corrected chi connectivity index (χ1v) is 22.7. The highest BCUT2D eigenvalue weighted by molar-refractivity contribution is 14.1. The number of fused-ring (bicyclic) bond motifs is 1. The number of likely N-dealkylation sites (tertiary alicyclic amines) is 1. The first kappa shape index (κ1) is 43.8. The lowest BCUT2D eigenvalue weighted by Gasteiger charge is -2.30. The summed E-state index contributed by atoms with van der Waals surface area (Å²) in [5, 5.41) is 14.4. The number of aromatic amines is 1. The predicted molar refractivity (Wildman–Crippen MR) is 231 cm³/mol. The van der Waals surface area contributed by atoms with Gasteiger partial charge >= 0.3 is 6.09 Å². The number of imide groups is 1. The molecule has 1 saturated heterocycles. The zero-order valence-corrected chi connectivity index (χ0v) is 37.6. The van der Waals surface area contributed by atoms with E-state index in [1.54, 1.807) is 99.6 Å². The highest BCUT2D eigenvalue weighted by Crippen LogP contribution is 2.38. The van der Waals surface area contributed by atoms with Gasteiger partial charge in [0.25, 0.3) is 11.8 Å². The molecule has 0 saturated carbocycles. The summed E-state index contributed by atoms with van der Waals surface area (Å²) in [6.45, 7) is 4.82. The van der Waals surface area contributed by atoms with Gasteiger partial charge in [-0.05, 0) is 115 Å². The summed E-state index contributed by atoms with van der Waals surface area (Å²) in [6.07, 6.45) is -0.544. The quantitative estimate of drug-likeness (QED) is 0.109. The van der Waals surface area contributed by atoms with Gasteiger partial charge in [-0.15, -0.1) is 10.2 Å². The van der Waals surface area contributed by atoms with Crippen molar-refractivity contribution in [2.45, 2.75) is 67.8 Å². The molecule has 3 amide bonds. The van der Waals surface area contributed by atoms with Gasteiger partial charge in [0.15, 0.2) is 0 Å². The fourth-order valence-electron chi connectivity index (χ4n) is 7.19. The van der Waals surface area contributed by atoms with Gasteiger partial charge in [0.05, 0.1) is 41.8 Å². The van der Waals surface area contributed by atoms with E-state index in [9.17, 15) is 18.6 Å². The van der Waals surface area contributed by atoms with E-state index in [4.69, 9.17) is 14.2 Å². The SMILES string of the molecule is COc1ccc(CN(Cc2ccc(OC)cc2)S(=O)(=O)c2c(S(=O)N[C@@H]3C[C@@H](CN4C(=O)c5ccccc5C4=O)N(C(=O)OC(C)(C)C)C3)ccc(I)c2-c2nn[nH]n2)cc1. The van der Waals surface area contributed by atoms with E-state index in [0.29, 0.717) is 26.2 Å². The van der Waals surface area contributed by atoms with Gasteiger partial charge in [-0.3, -0.25) is 14.5 Å². The van der Waals surface area contributed by atoms with Gasteiger partial charge in [0, 0.05) is 35.8 Å². The Balaban J connectivity index is 1.25. The van der Waals surface area contributed by atoms with Crippen molar-refractivity contribution in [3.05, 3.63) is 111 Å². The third-order valence-corrected chi connectivity index (χ3v) is 14.3. The Morgan fingerprint density at radius 1 is 0.918 bits per heavy atom. The molecule has 61 heavy (non-hydrogen) atoms. The van der Waals surface area contributed by atoms with Crippen LogP contribution in [-0.2, 0) is 38.8 Å². The van der Waals surface area contributed by atoms with Crippen LogP contribution in [0.4, 0.5) is 4.79 Å². The summed E-state index contributed by atoms with van der Waals surface area (Å²) in [4.78, 5) is 42.6. The molecule has 0 bridgehead atoms. The normalized spacial score (nSPS) is 17.2. The van der Waals surface area contributed by atoms with Crippen LogP contribution in [0.1, 0.15) is 59.0 Å². The summed E-state index contributed by atoms with van der Waals surface area (Å²) in [5.41, 5.74) is 1.06. The number of halogens is 1. The largest absolute Gasteiger partial charge is 0.497 e. The number of nitrogens with zero attached hydrogens (tertiary/aromatic N) is 6. The van der Waals surface area contributed by atoms with Crippen LogP contribution in [0.2, 0.25) is 0 Å². The predicted octanol–water partition coefficient (Wildman–Crippen LogP) is 5.17. The minimum atomic E-state index is -4.58. The number of benzene rings is 4. The number of hydrogen-bond donors (Lipinski definition) is 2. The molecule has 0 radical (unpaired) electrons. The van der Waals surface area contributed by atoms with Crippen molar-refractivity contribution < 1.29 is 41.2 Å². The summed E-state index contributed by atoms with van der Waals surface area (Å²) in [5.74, 6) is 0.186. The van der Waals surface area contributed by atoms with Gasteiger partial charge in [-0.1, -0.05) is 36.4 Å². The standard InChI is InChI=1S/C41H43IN8O9S2/c1-41(2,3)59-40(53)49-23-27(20-28(49)24-50-38(51)31-8-6-7-9-32(31)39(50)52)45-60(54)34-19-18-33(42)35(37-43-46-47-44-37)36(34)61(55,56)48(21-25-10-14-29(57-4)15-11-25)22-26-12-16-30(58-5)17-13-26/h6-19,27-28,45H,20-24H2,1-5H3,(H,43,44,46,47)/t27-,28+,60?/m1/s1. The molecule has 0 aliphatic carbocycles. The molecule has 1 aromatic heterocycles. The van der Waals surface area contributed by atoms with E-state index in [-0.39, 0.29) is 64.9 Å². The van der Waals surface area contributed by atoms with Crippen LogP contribution in [0.3, 0.4) is 0 Å². The zero-order chi connectivity index (χ0) is 43.6. The summed E-state index contributed by atoms with van der Waals surface area (Å²) in [7, 11) is -3.75. The maximum Gasteiger partial charge on any atom is 0.410 e. The van der Waals surface area contributed by atoms with Crippen LogP contribution in [0.25, 0.3) is 11.4 Å². The summed E-state index contributed by atoms with van der Waals surface area (Å²) >= 11 is 1.98. The van der Waals surface area contributed by atoms with E-state index in [2.05, 4.69) is 25.3 Å². The molecule has 4 aromatic carbocycles. The summed E-state index contributed by atoms with van der Waals surface area (Å²) in [6, 6.07) is 22.1. The molecule has 5 aromatic rings. The van der Waals surface area contributed by atoms with Gasteiger partial charge in [0.2, 0.25) is 15.8 Å². The second-order valence-corrected chi connectivity index (χ2v) is 19.6. The molecule has 1 fully saturated rings. The molecule has 2 N–H and O–H groups in total. The Morgan fingerprint density at radius 3 is 2.00 bits per heavy atom. The lowest BCUT2D eigenvalue weighted by atomic mass is 10.1. The smallest absolute Gasteiger partial charge is 0.410 e. The Hall–Kier alpha value is -5.29. The van der Waals surface area contributed by atoms with E-state index < -0.39 is 56.6 Å². The number of carbonyl (C=O) groups is 3. The number of ether oxygens (including phenoxy) is 3. The Morgan fingerprint density at radius 2 is 1.49 bits per heavy atom. The number of amides is 3. The molecule has 7 rings (SSSR count). The van der Waals surface area contributed by atoms with Crippen molar-refractivity contribution in [2.24, 2.45) is 0 Å². The minimum Gasteiger partial charge on any atom is -0.497 e. The van der Waals surface area contributed by atoms with E-state index >= 15 is 8.42 Å². The van der Waals surface area contributed by atoms with Crippen molar-refractivity contribution in [3.8, 4) is 22.9 Å². The molecule has 2 aliphatic rings. The lowest BCUT2D eigenvalue weighted by Crippen LogP contribution is -2.46. The van der Waals surface area contributed by atoms with Crippen LogP contribution in [-0.4, -0.2) is 110 Å². The lowest BCUT2D eigenvalue weighted by molar-refractivity contribution is 0.0189. The zero-order valence-electron chi connectivity index (χ0n) is 33.8. The van der Waals surface area contributed by atoms with Crippen LogP contribution in [0, 0.1) is 3.57 Å². The van der Waals surface area contributed by atoms with Crippen molar-refractivity contribution in [3.63, 3.8) is 0 Å². The molecule has 3 atom stereocenters.